The van der Waals surface area contributed by atoms with Gasteiger partial charge in [0.25, 0.3) is 0 Å². The molecule has 0 radical (unpaired) electrons. The Morgan fingerprint density at radius 2 is 1.75 bits per heavy atom. The van der Waals surface area contributed by atoms with Crippen LogP contribution in [0.2, 0.25) is 23.1 Å². The molecule has 0 aromatic rings. The van der Waals surface area contributed by atoms with E-state index in [1.165, 1.54) is 29.7 Å². The van der Waals surface area contributed by atoms with Crippen molar-refractivity contribution < 1.29 is 22.7 Å². The van der Waals surface area contributed by atoms with E-state index in [1.807, 2.05) is 0 Å². The van der Waals surface area contributed by atoms with Crippen molar-refractivity contribution in [1.82, 2.24) is 0 Å². The van der Waals surface area contributed by atoms with Crippen molar-refractivity contribution in [2.24, 2.45) is 0 Å². The van der Waals surface area contributed by atoms with E-state index >= 15 is 0 Å². The van der Waals surface area contributed by atoms with Crippen LogP contribution in [0.15, 0.2) is 0 Å². The Labute approximate surface area is 88.1 Å². The van der Waals surface area contributed by atoms with Gasteiger partial charge in [0.05, 0.1) is 0 Å². The van der Waals surface area contributed by atoms with Crippen LogP contribution < -0.4 is 0 Å². The van der Waals surface area contributed by atoms with Gasteiger partial charge in [-0.1, -0.05) is 0 Å². The normalized spacial score (nSPS) is 13.6. The zero-order valence-electron chi connectivity index (χ0n) is 9.24. The van der Waals surface area contributed by atoms with Gasteiger partial charge in [-0.2, -0.15) is 0 Å². The summed E-state index contributed by atoms with van der Waals surface area (Å²) in [6, 6.07) is 0. The van der Waals surface area contributed by atoms with Gasteiger partial charge in [0, 0.05) is 0 Å². The molecule has 0 heterocycles. The van der Waals surface area contributed by atoms with Crippen molar-refractivity contribution >= 4 is 8.32 Å². The molecular weight excluding hydrogens is 218 g/mol. The van der Waals surface area contributed by atoms with Crippen LogP contribution in [0.25, 0.3) is 0 Å². The summed E-state index contributed by atoms with van der Waals surface area (Å²) in [5.41, 5.74) is 0. The van der Waals surface area contributed by atoms with Crippen LogP contribution in [0.5, 0.6) is 0 Å². The van der Waals surface area contributed by atoms with Crippen LogP contribution in [0.4, 0.5) is 0 Å². The summed E-state index contributed by atoms with van der Waals surface area (Å²) in [4.78, 5) is 0. The van der Waals surface area contributed by atoms with Crippen LogP contribution in [0.1, 0.15) is 27.2 Å². The Bertz CT molecular complexity index is 129. The van der Waals surface area contributed by atoms with Crippen molar-refractivity contribution in [1.29, 1.82) is 0 Å². The molecular formula is C9H21OSiZn. The molecule has 1 nitrogen and oxygen atoms in total. The maximum absolute atomic E-state index is 5.99. The van der Waals surface area contributed by atoms with E-state index in [1.54, 1.807) is 0 Å². The topological polar surface area (TPSA) is 9.23 Å². The molecule has 0 saturated heterocycles. The third kappa shape index (κ3) is 4.16. The van der Waals surface area contributed by atoms with Crippen LogP contribution in [0.3, 0.4) is 0 Å². The summed E-state index contributed by atoms with van der Waals surface area (Å²) >= 11 is 1.40. The molecule has 0 aliphatic rings. The monoisotopic (exact) mass is 237 g/mol. The molecule has 0 atom stereocenters. The first-order valence-corrected chi connectivity index (χ1v) is 9.75. The van der Waals surface area contributed by atoms with Crippen molar-refractivity contribution in [3.63, 3.8) is 0 Å². The second-order valence-electron chi connectivity index (χ2n) is 4.82. The van der Waals surface area contributed by atoms with Crippen LogP contribution in [-0.4, -0.2) is 14.9 Å². The van der Waals surface area contributed by atoms with Gasteiger partial charge >= 0.3 is 88.0 Å². The van der Waals surface area contributed by atoms with Crippen molar-refractivity contribution in [3.05, 3.63) is 0 Å². The second kappa shape index (κ2) is 4.88. The van der Waals surface area contributed by atoms with Gasteiger partial charge in [0.15, 0.2) is 0 Å². The molecule has 0 N–H and O–H groups in total. The molecule has 3 heteroatoms. The first-order valence-electron chi connectivity index (χ1n) is 4.74. The number of hydrogen-bond donors (Lipinski definition) is 0. The summed E-state index contributed by atoms with van der Waals surface area (Å²) < 4.78 is 5.99. The summed E-state index contributed by atoms with van der Waals surface area (Å²) in [6.45, 7) is 12.5. The molecule has 0 aliphatic carbocycles. The number of rotatable bonds is 4. The predicted octanol–water partition coefficient (Wildman–Crippen LogP) is 3.36. The van der Waals surface area contributed by atoms with Crippen molar-refractivity contribution in [2.75, 3.05) is 6.61 Å². The third-order valence-electron chi connectivity index (χ3n) is 2.66. The fourth-order valence-corrected chi connectivity index (χ4v) is 2.16. The Hall–Kier alpha value is 0.800. The molecule has 0 rings (SSSR count). The minimum atomic E-state index is -1.43. The van der Waals surface area contributed by atoms with Gasteiger partial charge in [-0.05, 0) is 0 Å². The zero-order chi connectivity index (χ0) is 9.83. The average Bonchev–Trinajstić information content (AvgIpc) is 1.85. The van der Waals surface area contributed by atoms with Gasteiger partial charge in [0.1, 0.15) is 0 Å². The Morgan fingerprint density at radius 3 is 2.08 bits per heavy atom. The molecule has 0 aromatic heterocycles. The predicted molar refractivity (Wildman–Crippen MR) is 52.6 cm³/mol. The fourth-order valence-electron chi connectivity index (χ4n) is 0.646. The molecule has 0 fully saturated rings. The van der Waals surface area contributed by atoms with Gasteiger partial charge in [0.2, 0.25) is 0 Å². The molecule has 0 bridgehead atoms. The zero-order valence-corrected chi connectivity index (χ0v) is 13.2. The van der Waals surface area contributed by atoms with Crippen LogP contribution >= 0.6 is 0 Å². The van der Waals surface area contributed by atoms with E-state index in [0.29, 0.717) is 5.04 Å². The first kappa shape index (κ1) is 12.8. The summed E-state index contributed by atoms with van der Waals surface area (Å²) in [7, 11) is -1.43. The summed E-state index contributed by atoms with van der Waals surface area (Å²) in [5.74, 6) is 0. The third-order valence-corrected chi connectivity index (χ3v) is 8.25. The first-order chi connectivity index (χ1) is 5.31. The van der Waals surface area contributed by atoms with Crippen molar-refractivity contribution in [2.45, 2.75) is 50.3 Å². The Morgan fingerprint density at radius 1 is 1.25 bits per heavy atom. The van der Waals surface area contributed by atoms with Crippen LogP contribution in [-0.2, 0) is 22.7 Å². The van der Waals surface area contributed by atoms with E-state index in [9.17, 15) is 0 Å². The van der Waals surface area contributed by atoms with Gasteiger partial charge in [-0.15, -0.1) is 0 Å². The van der Waals surface area contributed by atoms with E-state index in [2.05, 4.69) is 33.9 Å². The molecule has 12 heavy (non-hydrogen) atoms. The Balaban J connectivity index is 3.88. The summed E-state index contributed by atoms with van der Waals surface area (Å²) in [6.07, 6.45) is 1.26. The van der Waals surface area contributed by atoms with E-state index in [4.69, 9.17) is 4.43 Å². The molecule has 0 amide bonds. The summed E-state index contributed by atoms with van der Waals surface area (Å²) in [5, 5.41) is 1.73. The van der Waals surface area contributed by atoms with E-state index < -0.39 is 8.32 Å². The standard InChI is InChI=1S/C9H21OSi.Zn/c1-7-8-10-11(5,6)9(2,3)4;/h1,7-8H2,2-6H3;. The molecule has 0 aliphatic heterocycles. The van der Waals surface area contributed by atoms with Gasteiger partial charge < -0.3 is 0 Å². The number of hydrogen-bond acceptors (Lipinski definition) is 1. The minimum absolute atomic E-state index is 0.372. The van der Waals surface area contributed by atoms with E-state index in [0.717, 1.165) is 6.61 Å². The van der Waals surface area contributed by atoms with Crippen LogP contribution in [0, 0.1) is 0 Å². The van der Waals surface area contributed by atoms with Crippen molar-refractivity contribution in [3.8, 4) is 0 Å². The van der Waals surface area contributed by atoms with E-state index in [-0.39, 0.29) is 0 Å². The molecule has 0 spiro atoms. The molecule has 0 saturated carbocycles. The van der Waals surface area contributed by atoms with Gasteiger partial charge in [-0.25, -0.2) is 0 Å². The molecule has 69 valence electrons. The molecule has 0 unspecified atom stereocenters. The fraction of sp³-hybridized carbons (Fsp3) is 1.00. The maximum atomic E-state index is 5.99. The average molecular weight is 239 g/mol. The van der Waals surface area contributed by atoms with Gasteiger partial charge in [-0.3, -0.25) is 0 Å². The second-order valence-corrected chi connectivity index (χ2v) is 11.1. The SMILES string of the molecule is CC(C)(C)[Si](C)(C)OCC[CH2][Zn]. The molecule has 0 aromatic carbocycles. The Kier molecular flexibility index (Phi) is 5.20. The quantitative estimate of drug-likeness (QED) is 0.539.